The molecule has 0 aliphatic carbocycles. The molecule has 1 saturated heterocycles. The van der Waals surface area contributed by atoms with Gasteiger partial charge in [-0.2, -0.15) is 0 Å². The van der Waals surface area contributed by atoms with Crippen molar-refractivity contribution in [3.05, 3.63) is 16.1 Å². The summed E-state index contributed by atoms with van der Waals surface area (Å²) in [4.78, 5) is 5.87. The number of rotatable bonds is 4. The van der Waals surface area contributed by atoms with Crippen LogP contribution in [0.5, 0.6) is 0 Å². The normalized spacial score (nSPS) is 19.6. The van der Waals surface area contributed by atoms with Crippen molar-refractivity contribution < 1.29 is 4.74 Å². The molecule has 19 heavy (non-hydrogen) atoms. The molecular weight excluding hydrogens is 256 g/mol. The first-order chi connectivity index (χ1) is 8.97. The number of thiazole rings is 1. The highest BCUT2D eigenvalue weighted by molar-refractivity contribution is 7.11. The van der Waals surface area contributed by atoms with Crippen LogP contribution in [0, 0.1) is 5.92 Å². The Kier molecular flexibility index (Phi) is 4.98. The fourth-order valence-electron chi connectivity index (χ4n) is 2.38. The van der Waals surface area contributed by atoms with E-state index in [1.54, 1.807) is 0 Å². The van der Waals surface area contributed by atoms with Crippen molar-refractivity contribution in [2.24, 2.45) is 5.92 Å². The zero-order valence-corrected chi connectivity index (χ0v) is 13.3. The van der Waals surface area contributed by atoms with Crippen LogP contribution in [-0.4, -0.2) is 24.2 Å². The SMILES string of the molecule is CC(NCc1cnc(C(C)(C)C)s1)C1CCOCC1. The predicted octanol–water partition coefficient (Wildman–Crippen LogP) is 3.35. The van der Waals surface area contributed by atoms with Gasteiger partial charge in [-0.25, -0.2) is 4.98 Å². The van der Waals surface area contributed by atoms with E-state index in [9.17, 15) is 0 Å². The van der Waals surface area contributed by atoms with Crippen LogP contribution >= 0.6 is 11.3 Å². The summed E-state index contributed by atoms with van der Waals surface area (Å²) in [5.74, 6) is 0.753. The van der Waals surface area contributed by atoms with Gasteiger partial charge >= 0.3 is 0 Å². The Bertz CT molecular complexity index is 391. The van der Waals surface area contributed by atoms with Crippen LogP contribution in [0.15, 0.2) is 6.20 Å². The Morgan fingerprint density at radius 3 is 2.68 bits per heavy atom. The average Bonchev–Trinajstić information content (AvgIpc) is 2.86. The van der Waals surface area contributed by atoms with Crippen molar-refractivity contribution in [3.8, 4) is 0 Å². The van der Waals surface area contributed by atoms with Gasteiger partial charge in [0, 0.05) is 42.3 Å². The smallest absolute Gasteiger partial charge is 0.0981 e. The molecule has 4 heteroatoms. The number of aromatic nitrogens is 1. The zero-order valence-electron chi connectivity index (χ0n) is 12.5. The van der Waals surface area contributed by atoms with E-state index < -0.39 is 0 Å². The van der Waals surface area contributed by atoms with E-state index in [1.165, 1.54) is 22.7 Å². The lowest BCUT2D eigenvalue weighted by Gasteiger charge is -2.28. The lowest BCUT2D eigenvalue weighted by atomic mass is 9.93. The molecule has 1 aromatic heterocycles. The van der Waals surface area contributed by atoms with Gasteiger partial charge in [0.25, 0.3) is 0 Å². The van der Waals surface area contributed by atoms with E-state index in [4.69, 9.17) is 4.74 Å². The number of nitrogens with one attached hydrogen (secondary N) is 1. The second-order valence-electron chi connectivity index (χ2n) is 6.50. The van der Waals surface area contributed by atoms with E-state index >= 15 is 0 Å². The van der Waals surface area contributed by atoms with Crippen LogP contribution in [0.4, 0.5) is 0 Å². The largest absolute Gasteiger partial charge is 0.381 e. The first kappa shape index (κ1) is 14.9. The molecule has 0 radical (unpaired) electrons. The summed E-state index contributed by atoms with van der Waals surface area (Å²) in [6, 6.07) is 0.559. The Hall–Kier alpha value is -0.450. The highest BCUT2D eigenvalue weighted by Crippen LogP contribution is 2.27. The third-order valence-corrected chi connectivity index (χ3v) is 5.19. The van der Waals surface area contributed by atoms with Crippen molar-refractivity contribution in [1.82, 2.24) is 10.3 Å². The van der Waals surface area contributed by atoms with Crippen molar-refractivity contribution in [1.29, 1.82) is 0 Å². The molecule has 0 spiro atoms. The maximum atomic E-state index is 5.42. The molecule has 1 fully saturated rings. The molecule has 0 saturated carbocycles. The second-order valence-corrected chi connectivity index (χ2v) is 7.62. The van der Waals surface area contributed by atoms with Gasteiger partial charge in [-0.05, 0) is 25.7 Å². The minimum absolute atomic E-state index is 0.162. The molecule has 108 valence electrons. The van der Waals surface area contributed by atoms with E-state index in [0.717, 1.165) is 25.7 Å². The molecule has 1 aliphatic rings. The van der Waals surface area contributed by atoms with Crippen LogP contribution in [0.3, 0.4) is 0 Å². The fraction of sp³-hybridized carbons (Fsp3) is 0.800. The van der Waals surface area contributed by atoms with Gasteiger partial charge in [0.15, 0.2) is 0 Å². The molecule has 1 N–H and O–H groups in total. The monoisotopic (exact) mass is 282 g/mol. The Morgan fingerprint density at radius 2 is 2.11 bits per heavy atom. The topological polar surface area (TPSA) is 34.2 Å². The summed E-state index contributed by atoms with van der Waals surface area (Å²) < 4.78 is 5.42. The van der Waals surface area contributed by atoms with Crippen LogP contribution in [0.25, 0.3) is 0 Å². The molecule has 1 atom stereocenters. The van der Waals surface area contributed by atoms with Crippen molar-refractivity contribution in [2.75, 3.05) is 13.2 Å². The summed E-state index contributed by atoms with van der Waals surface area (Å²) in [6.45, 7) is 11.7. The number of hydrogen-bond acceptors (Lipinski definition) is 4. The Balaban J connectivity index is 1.83. The van der Waals surface area contributed by atoms with Crippen molar-refractivity contribution in [3.63, 3.8) is 0 Å². The van der Waals surface area contributed by atoms with Gasteiger partial charge in [-0.3, -0.25) is 0 Å². The molecule has 3 nitrogen and oxygen atoms in total. The number of nitrogens with zero attached hydrogens (tertiary/aromatic N) is 1. The van der Waals surface area contributed by atoms with Gasteiger partial charge in [0.2, 0.25) is 0 Å². The maximum Gasteiger partial charge on any atom is 0.0981 e. The Labute approximate surface area is 120 Å². The van der Waals surface area contributed by atoms with Crippen molar-refractivity contribution >= 4 is 11.3 Å². The first-order valence-corrected chi connectivity index (χ1v) is 8.05. The van der Waals surface area contributed by atoms with Gasteiger partial charge < -0.3 is 10.1 Å². The number of hydrogen-bond donors (Lipinski definition) is 1. The summed E-state index contributed by atoms with van der Waals surface area (Å²) in [5, 5.41) is 4.87. The predicted molar refractivity (Wildman–Crippen MR) is 80.7 cm³/mol. The first-order valence-electron chi connectivity index (χ1n) is 7.23. The third-order valence-electron chi connectivity index (χ3n) is 3.77. The van der Waals surface area contributed by atoms with Gasteiger partial charge in [0.1, 0.15) is 0 Å². The van der Waals surface area contributed by atoms with E-state index in [1.807, 2.05) is 17.5 Å². The zero-order chi connectivity index (χ0) is 13.9. The van der Waals surface area contributed by atoms with Crippen LogP contribution in [0.1, 0.15) is 50.4 Å². The minimum Gasteiger partial charge on any atom is -0.381 e. The summed E-state index contributed by atoms with van der Waals surface area (Å²) in [5.41, 5.74) is 0.162. The second kappa shape index (κ2) is 6.33. The van der Waals surface area contributed by atoms with Gasteiger partial charge in [-0.15, -0.1) is 11.3 Å². The Morgan fingerprint density at radius 1 is 1.42 bits per heavy atom. The summed E-state index contributed by atoms with van der Waals surface area (Å²) in [7, 11) is 0. The van der Waals surface area contributed by atoms with Gasteiger partial charge in [-0.1, -0.05) is 20.8 Å². The summed E-state index contributed by atoms with van der Waals surface area (Å²) >= 11 is 1.83. The van der Waals surface area contributed by atoms with Crippen LogP contribution in [0.2, 0.25) is 0 Å². The molecule has 1 aliphatic heterocycles. The quantitative estimate of drug-likeness (QED) is 0.919. The minimum atomic E-state index is 0.162. The van der Waals surface area contributed by atoms with Crippen LogP contribution < -0.4 is 5.32 Å². The molecule has 0 amide bonds. The standard InChI is InChI=1S/C15H26N2OS/c1-11(12-5-7-18-8-6-12)16-9-13-10-17-14(19-13)15(2,3)4/h10-12,16H,5-9H2,1-4H3. The van der Waals surface area contributed by atoms with E-state index in [0.29, 0.717) is 6.04 Å². The summed E-state index contributed by atoms with van der Waals surface area (Å²) in [6.07, 6.45) is 4.39. The average molecular weight is 282 g/mol. The van der Waals surface area contributed by atoms with Gasteiger partial charge in [0.05, 0.1) is 5.01 Å². The van der Waals surface area contributed by atoms with E-state index in [-0.39, 0.29) is 5.41 Å². The molecule has 2 heterocycles. The number of ether oxygens (including phenoxy) is 1. The molecule has 1 aromatic rings. The molecule has 0 aromatic carbocycles. The van der Waals surface area contributed by atoms with E-state index in [2.05, 4.69) is 38.0 Å². The fourth-order valence-corrected chi connectivity index (χ4v) is 3.30. The highest BCUT2D eigenvalue weighted by Gasteiger charge is 2.21. The lowest BCUT2D eigenvalue weighted by molar-refractivity contribution is 0.0558. The van der Waals surface area contributed by atoms with Crippen LogP contribution in [-0.2, 0) is 16.7 Å². The molecule has 0 bridgehead atoms. The van der Waals surface area contributed by atoms with Crippen molar-refractivity contribution in [2.45, 2.75) is 58.5 Å². The highest BCUT2D eigenvalue weighted by atomic mass is 32.1. The molecule has 2 rings (SSSR count). The maximum absolute atomic E-state index is 5.42. The lowest BCUT2D eigenvalue weighted by Crippen LogP contribution is -2.36. The third kappa shape index (κ3) is 4.26. The molecular formula is C15H26N2OS. The molecule has 1 unspecified atom stereocenters.